The lowest BCUT2D eigenvalue weighted by atomic mass is 10.1. The zero-order valence-electron chi connectivity index (χ0n) is 16.7. The number of esters is 1. The van der Waals surface area contributed by atoms with Gasteiger partial charge in [-0.2, -0.15) is 0 Å². The number of benzene rings is 2. The fourth-order valence-corrected chi connectivity index (χ4v) is 2.80. The lowest BCUT2D eigenvalue weighted by Crippen LogP contribution is -2.16. The molecule has 0 fully saturated rings. The highest BCUT2D eigenvalue weighted by Crippen LogP contribution is 2.28. The van der Waals surface area contributed by atoms with Crippen LogP contribution in [-0.4, -0.2) is 32.6 Å². The van der Waals surface area contributed by atoms with E-state index in [0.29, 0.717) is 39.3 Å². The second-order valence-electron chi connectivity index (χ2n) is 6.32. The maximum Gasteiger partial charge on any atom is 0.344 e. The summed E-state index contributed by atoms with van der Waals surface area (Å²) in [5.74, 6) is 0.422. The smallest absolute Gasteiger partial charge is 0.344 e. The molecule has 0 bridgehead atoms. The van der Waals surface area contributed by atoms with Gasteiger partial charge in [-0.1, -0.05) is 0 Å². The third-order valence-electron chi connectivity index (χ3n) is 4.34. The fourth-order valence-electron chi connectivity index (χ4n) is 2.80. The summed E-state index contributed by atoms with van der Waals surface area (Å²) in [5.41, 5.74) is 0.738. The van der Waals surface area contributed by atoms with Crippen LogP contribution in [0.2, 0.25) is 0 Å². The Morgan fingerprint density at radius 2 is 1.77 bits per heavy atom. The van der Waals surface area contributed by atoms with Crippen LogP contribution in [0, 0.1) is 0 Å². The Balaban J connectivity index is 1.67. The Bertz CT molecular complexity index is 1150. The molecule has 0 radical (unpaired) electrons. The van der Waals surface area contributed by atoms with Crippen LogP contribution in [-0.2, 0) is 16.1 Å². The zero-order chi connectivity index (χ0) is 21.7. The Labute approximate surface area is 171 Å². The molecule has 0 saturated carbocycles. The van der Waals surface area contributed by atoms with Crippen molar-refractivity contribution < 1.29 is 33.0 Å². The number of carbonyl (C=O) groups excluding carboxylic acids is 2. The molecule has 0 atom stereocenters. The minimum Gasteiger partial charge on any atom is -0.497 e. The first-order valence-corrected chi connectivity index (χ1v) is 8.99. The molecule has 0 spiro atoms. The van der Waals surface area contributed by atoms with Gasteiger partial charge in [0.2, 0.25) is 0 Å². The summed E-state index contributed by atoms with van der Waals surface area (Å²) in [6.45, 7) is 0.941. The van der Waals surface area contributed by atoms with E-state index in [4.69, 9.17) is 23.4 Å². The Hall–Kier alpha value is -3.81. The van der Waals surface area contributed by atoms with Crippen LogP contribution in [0.3, 0.4) is 0 Å². The average Bonchev–Trinajstić information content (AvgIpc) is 2.75. The van der Waals surface area contributed by atoms with Crippen molar-refractivity contribution in [3.05, 3.63) is 64.0 Å². The number of methoxy groups -OCH3 is 2. The monoisotopic (exact) mass is 412 g/mol. The van der Waals surface area contributed by atoms with Gasteiger partial charge in [0.1, 0.15) is 17.9 Å². The van der Waals surface area contributed by atoms with Crippen molar-refractivity contribution in [1.29, 1.82) is 0 Å². The number of carbonyl (C=O) groups is 2. The number of ether oxygens (including phenoxy) is 4. The molecule has 1 heterocycles. The maximum absolute atomic E-state index is 12.1. The number of rotatable bonds is 8. The number of fused-ring (bicyclic) bond motifs is 1. The van der Waals surface area contributed by atoms with Crippen LogP contribution in [0.1, 0.15) is 22.8 Å². The summed E-state index contributed by atoms with van der Waals surface area (Å²) in [7, 11) is 2.94. The lowest BCUT2D eigenvalue weighted by molar-refractivity contribution is -0.147. The van der Waals surface area contributed by atoms with E-state index in [-0.39, 0.29) is 19.0 Å². The molecule has 2 aromatic carbocycles. The minimum atomic E-state index is -0.636. The molecule has 30 heavy (non-hydrogen) atoms. The van der Waals surface area contributed by atoms with Gasteiger partial charge < -0.3 is 23.4 Å². The minimum absolute atomic E-state index is 0.114. The average molecular weight is 412 g/mol. The molecule has 0 aliphatic rings. The number of hydrogen-bond donors (Lipinski definition) is 0. The predicted molar refractivity (Wildman–Crippen MR) is 107 cm³/mol. The Morgan fingerprint density at radius 1 is 0.967 bits per heavy atom. The van der Waals surface area contributed by atoms with Crippen molar-refractivity contribution in [3.63, 3.8) is 0 Å². The summed E-state index contributed by atoms with van der Waals surface area (Å²) in [6, 6.07) is 11.0. The summed E-state index contributed by atoms with van der Waals surface area (Å²) in [5, 5.41) is 0.630. The molecule has 0 aliphatic heterocycles. The van der Waals surface area contributed by atoms with E-state index in [1.54, 1.807) is 30.3 Å². The summed E-state index contributed by atoms with van der Waals surface area (Å²) >= 11 is 0. The molecule has 1 aromatic heterocycles. The summed E-state index contributed by atoms with van der Waals surface area (Å²) in [4.78, 5) is 35.4. The lowest BCUT2D eigenvalue weighted by Gasteiger charge is -2.12. The molecule has 0 N–H and O–H groups in total. The van der Waals surface area contributed by atoms with Gasteiger partial charge in [0, 0.05) is 28.6 Å². The molecule has 8 nitrogen and oxygen atoms in total. The van der Waals surface area contributed by atoms with Gasteiger partial charge in [-0.3, -0.25) is 4.79 Å². The van der Waals surface area contributed by atoms with E-state index < -0.39 is 11.6 Å². The van der Waals surface area contributed by atoms with Crippen LogP contribution >= 0.6 is 0 Å². The fraction of sp³-hybridized carbons (Fsp3) is 0.227. The molecule has 3 rings (SSSR count). The number of ketones is 1. The third kappa shape index (κ3) is 4.78. The zero-order valence-corrected chi connectivity index (χ0v) is 16.7. The summed E-state index contributed by atoms with van der Waals surface area (Å²) in [6.07, 6.45) is 0. The Kier molecular flexibility index (Phi) is 6.36. The van der Waals surface area contributed by atoms with Crippen molar-refractivity contribution in [1.82, 2.24) is 0 Å². The summed E-state index contributed by atoms with van der Waals surface area (Å²) < 4.78 is 26.2. The first-order valence-electron chi connectivity index (χ1n) is 8.99. The van der Waals surface area contributed by atoms with Crippen LogP contribution in [0.25, 0.3) is 11.0 Å². The quantitative estimate of drug-likeness (QED) is 0.316. The molecule has 0 amide bonds. The molecular weight excluding hydrogens is 392 g/mol. The van der Waals surface area contributed by atoms with E-state index >= 15 is 0 Å². The van der Waals surface area contributed by atoms with Crippen LogP contribution in [0.5, 0.6) is 17.2 Å². The molecule has 0 saturated heterocycles. The van der Waals surface area contributed by atoms with E-state index in [1.807, 2.05) is 0 Å². The van der Waals surface area contributed by atoms with Gasteiger partial charge >= 0.3 is 11.6 Å². The molecular formula is C22H20O8. The normalized spacial score (nSPS) is 10.5. The molecule has 0 unspecified atom stereocenters. The second kappa shape index (κ2) is 9.13. The van der Waals surface area contributed by atoms with Crippen LogP contribution in [0.4, 0.5) is 0 Å². The van der Waals surface area contributed by atoms with Crippen LogP contribution in [0.15, 0.2) is 51.7 Å². The van der Waals surface area contributed by atoms with Crippen molar-refractivity contribution in [3.8, 4) is 17.2 Å². The van der Waals surface area contributed by atoms with Gasteiger partial charge in [0.15, 0.2) is 23.9 Å². The van der Waals surface area contributed by atoms with Gasteiger partial charge in [-0.15, -0.1) is 0 Å². The van der Waals surface area contributed by atoms with Crippen molar-refractivity contribution >= 4 is 22.7 Å². The highest BCUT2D eigenvalue weighted by molar-refractivity contribution is 5.94. The maximum atomic E-state index is 12.1. The predicted octanol–water partition coefficient (Wildman–Crippen LogP) is 3.14. The first-order chi connectivity index (χ1) is 14.4. The SMILES string of the molecule is COc1ccc2c(COC(=O)COc3ccc(C(C)=O)cc3OC)cc(=O)oc2c1. The van der Waals surface area contributed by atoms with Gasteiger partial charge in [-0.25, -0.2) is 9.59 Å². The highest BCUT2D eigenvalue weighted by Gasteiger charge is 2.13. The van der Waals surface area contributed by atoms with E-state index in [2.05, 4.69) is 0 Å². The van der Waals surface area contributed by atoms with Crippen LogP contribution < -0.4 is 19.8 Å². The van der Waals surface area contributed by atoms with E-state index in [0.717, 1.165) is 0 Å². The van der Waals surface area contributed by atoms with Gasteiger partial charge in [0.05, 0.1) is 14.2 Å². The third-order valence-corrected chi connectivity index (χ3v) is 4.34. The molecule has 3 aromatic rings. The van der Waals surface area contributed by atoms with Crippen molar-refractivity contribution in [2.75, 3.05) is 20.8 Å². The first kappa shape index (κ1) is 20.9. The van der Waals surface area contributed by atoms with E-state index in [1.165, 1.54) is 33.3 Å². The van der Waals surface area contributed by atoms with Crippen molar-refractivity contribution in [2.45, 2.75) is 13.5 Å². The van der Waals surface area contributed by atoms with Crippen molar-refractivity contribution in [2.24, 2.45) is 0 Å². The topological polar surface area (TPSA) is 101 Å². The molecule has 156 valence electrons. The number of Topliss-reactive ketones (excluding diaryl/α,β-unsaturated/α-hetero) is 1. The second-order valence-corrected chi connectivity index (χ2v) is 6.32. The van der Waals surface area contributed by atoms with Gasteiger partial charge in [-0.05, 0) is 37.3 Å². The molecule has 8 heteroatoms. The standard InChI is InChI=1S/C22H20O8/c1-13(23)14-4-7-18(20(8-14)27-3)28-12-22(25)29-11-15-9-21(24)30-19-10-16(26-2)5-6-17(15)19/h4-10H,11-12H2,1-3H3. The van der Waals surface area contributed by atoms with Gasteiger partial charge in [0.25, 0.3) is 0 Å². The molecule has 0 aliphatic carbocycles. The highest BCUT2D eigenvalue weighted by atomic mass is 16.6. The van der Waals surface area contributed by atoms with E-state index in [9.17, 15) is 14.4 Å². The largest absolute Gasteiger partial charge is 0.497 e. The number of hydrogen-bond acceptors (Lipinski definition) is 8. The Morgan fingerprint density at radius 3 is 2.47 bits per heavy atom.